The van der Waals surface area contributed by atoms with Gasteiger partial charge in [-0.05, 0) is 43.5 Å². The highest BCUT2D eigenvalue weighted by atomic mass is 19.1. The molecule has 24 heavy (non-hydrogen) atoms. The molecule has 0 aliphatic carbocycles. The van der Waals surface area contributed by atoms with Crippen molar-refractivity contribution in [2.75, 3.05) is 25.1 Å². The quantitative estimate of drug-likeness (QED) is 0.910. The summed E-state index contributed by atoms with van der Waals surface area (Å²) in [5.41, 5.74) is 2.01. The Morgan fingerprint density at radius 2 is 2.17 bits per heavy atom. The summed E-state index contributed by atoms with van der Waals surface area (Å²) in [6.45, 7) is 3.99. The van der Waals surface area contributed by atoms with Gasteiger partial charge in [-0.1, -0.05) is 12.1 Å². The van der Waals surface area contributed by atoms with Crippen molar-refractivity contribution < 1.29 is 9.13 Å². The molecule has 3 rings (SSSR count). The van der Waals surface area contributed by atoms with Gasteiger partial charge in [0, 0.05) is 31.4 Å². The van der Waals surface area contributed by atoms with Crippen molar-refractivity contribution in [1.29, 1.82) is 0 Å². The molecule has 1 fully saturated rings. The van der Waals surface area contributed by atoms with Crippen LogP contribution in [-0.2, 0) is 0 Å². The lowest BCUT2D eigenvalue weighted by Crippen LogP contribution is -2.46. The number of benzene rings is 1. The molecular formula is C19H24FN3O. The van der Waals surface area contributed by atoms with Gasteiger partial charge in [0.2, 0.25) is 0 Å². The van der Waals surface area contributed by atoms with Crippen molar-refractivity contribution in [1.82, 2.24) is 10.3 Å². The molecule has 2 aromatic rings. The Morgan fingerprint density at radius 1 is 1.33 bits per heavy atom. The molecule has 0 bridgehead atoms. The number of rotatable bonds is 5. The number of nitrogens with one attached hydrogen (secondary N) is 1. The van der Waals surface area contributed by atoms with Gasteiger partial charge in [0.15, 0.2) is 0 Å². The number of halogens is 1. The van der Waals surface area contributed by atoms with Gasteiger partial charge >= 0.3 is 0 Å². The number of piperidine rings is 1. The summed E-state index contributed by atoms with van der Waals surface area (Å²) >= 11 is 0. The molecule has 1 saturated heterocycles. The minimum Gasteiger partial charge on any atom is -0.495 e. The maximum atomic E-state index is 13.4. The topological polar surface area (TPSA) is 37.4 Å². The summed E-state index contributed by atoms with van der Waals surface area (Å²) < 4.78 is 18.8. The fourth-order valence-electron chi connectivity index (χ4n) is 3.34. The Balaban J connectivity index is 1.67. The Bertz CT molecular complexity index is 679. The lowest BCUT2D eigenvalue weighted by Gasteiger charge is -2.36. The number of hydrogen-bond acceptors (Lipinski definition) is 4. The number of pyridine rings is 1. The van der Waals surface area contributed by atoms with Crippen molar-refractivity contribution in [3.05, 3.63) is 54.1 Å². The summed E-state index contributed by atoms with van der Waals surface area (Å²) in [6, 6.07) is 10.1. The van der Waals surface area contributed by atoms with Crippen LogP contribution in [0.1, 0.15) is 31.4 Å². The molecular weight excluding hydrogens is 305 g/mol. The molecule has 1 aromatic heterocycles. The predicted molar refractivity (Wildman–Crippen MR) is 94.0 cm³/mol. The molecule has 0 unspecified atom stereocenters. The third kappa shape index (κ3) is 3.85. The number of ether oxygens (including phenoxy) is 1. The van der Waals surface area contributed by atoms with Crippen LogP contribution in [0.4, 0.5) is 10.1 Å². The van der Waals surface area contributed by atoms with Crippen molar-refractivity contribution in [2.24, 2.45) is 0 Å². The van der Waals surface area contributed by atoms with E-state index in [4.69, 9.17) is 4.74 Å². The molecule has 4 nitrogen and oxygen atoms in total. The van der Waals surface area contributed by atoms with Crippen molar-refractivity contribution in [3.8, 4) is 5.75 Å². The summed E-state index contributed by atoms with van der Waals surface area (Å²) in [4.78, 5) is 6.30. The molecule has 1 aliphatic rings. The molecule has 0 radical (unpaired) electrons. The normalized spacial score (nSPS) is 19.1. The Hall–Kier alpha value is -2.14. The molecule has 2 atom stereocenters. The van der Waals surface area contributed by atoms with Crippen molar-refractivity contribution >= 4 is 5.69 Å². The second-order valence-electron chi connectivity index (χ2n) is 6.28. The van der Waals surface area contributed by atoms with Gasteiger partial charge in [-0.25, -0.2) is 4.39 Å². The number of nitrogens with zero attached hydrogens (tertiary/aromatic N) is 2. The van der Waals surface area contributed by atoms with E-state index in [0.717, 1.165) is 42.9 Å². The van der Waals surface area contributed by atoms with E-state index in [1.165, 1.54) is 6.20 Å². The minimum atomic E-state index is -0.291. The molecule has 0 saturated carbocycles. The lowest BCUT2D eigenvalue weighted by molar-refractivity contribution is 0.380. The first-order valence-corrected chi connectivity index (χ1v) is 8.42. The van der Waals surface area contributed by atoms with E-state index in [1.807, 2.05) is 18.2 Å². The Morgan fingerprint density at radius 3 is 2.96 bits per heavy atom. The first-order chi connectivity index (χ1) is 11.7. The predicted octanol–water partition coefficient (Wildman–Crippen LogP) is 3.55. The van der Waals surface area contributed by atoms with Crippen LogP contribution in [0.3, 0.4) is 0 Å². The fourth-order valence-corrected chi connectivity index (χ4v) is 3.34. The largest absolute Gasteiger partial charge is 0.495 e. The van der Waals surface area contributed by atoms with Crippen molar-refractivity contribution in [3.63, 3.8) is 0 Å². The summed E-state index contributed by atoms with van der Waals surface area (Å²) in [5.74, 6) is 0.612. The molecule has 128 valence electrons. The average Bonchev–Trinajstić information content (AvgIpc) is 2.62. The number of methoxy groups -OCH3 is 1. The van der Waals surface area contributed by atoms with Crippen molar-refractivity contribution in [2.45, 2.75) is 31.8 Å². The molecule has 0 spiro atoms. The van der Waals surface area contributed by atoms with E-state index in [0.29, 0.717) is 6.04 Å². The van der Waals surface area contributed by atoms with E-state index >= 15 is 0 Å². The summed E-state index contributed by atoms with van der Waals surface area (Å²) in [6.07, 6.45) is 5.18. The maximum absolute atomic E-state index is 13.4. The zero-order chi connectivity index (χ0) is 16.9. The second-order valence-corrected chi connectivity index (χ2v) is 6.28. The molecule has 1 N–H and O–H groups in total. The Labute approximate surface area is 142 Å². The highest BCUT2D eigenvalue weighted by molar-refractivity contribution is 5.58. The van der Waals surface area contributed by atoms with E-state index in [-0.39, 0.29) is 11.9 Å². The average molecular weight is 329 g/mol. The standard InChI is InChI=1S/C19H24FN3O/c1-14(15-10-16(20)12-21-11-15)22-17-6-5-9-23(13-17)18-7-3-4-8-19(18)24-2/h3-4,7-8,10-12,14,17,22H,5-6,9,13H2,1-2H3/t14-,17+/m0/s1. The molecule has 5 heteroatoms. The van der Waals surface area contributed by atoms with Gasteiger partial charge in [-0.15, -0.1) is 0 Å². The highest BCUT2D eigenvalue weighted by Gasteiger charge is 2.23. The van der Waals surface area contributed by atoms with Crippen LogP contribution in [-0.4, -0.2) is 31.2 Å². The summed E-state index contributed by atoms with van der Waals surface area (Å²) in [7, 11) is 1.71. The maximum Gasteiger partial charge on any atom is 0.142 e. The van der Waals surface area contributed by atoms with Crippen LogP contribution < -0.4 is 15.0 Å². The third-order valence-corrected chi connectivity index (χ3v) is 4.56. The monoisotopic (exact) mass is 329 g/mol. The summed E-state index contributed by atoms with van der Waals surface area (Å²) in [5, 5.41) is 3.61. The molecule has 1 aliphatic heterocycles. The Kier molecular flexibility index (Phi) is 5.30. The van der Waals surface area contributed by atoms with E-state index < -0.39 is 0 Å². The SMILES string of the molecule is COc1ccccc1N1CCC[C@@H](N[C@@H](C)c2cncc(F)c2)C1. The smallest absolute Gasteiger partial charge is 0.142 e. The number of anilines is 1. The second kappa shape index (κ2) is 7.62. The number of para-hydroxylation sites is 2. The van der Waals surface area contributed by atoms with Gasteiger partial charge in [-0.2, -0.15) is 0 Å². The van der Waals surface area contributed by atoms with E-state index in [9.17, 15) is 4.39 Å². The first kappa shape index (κ1) is 16.7. The minimum absolute atomic E-state index is 0.0656. The van der Waals surface area contributed by atoms with E-state index in [1.54, 1.807) is 19.4 Å². The zero-order valence-corrected chi connectivity index (χ0v) is 14.2. The van der Waals surface area contributed by atoms with Gasteiger partial charge in [0.05, 0.1) is 19.0 Å². The van der Waals surface area contributed by atoms with Crippen LogP contribution in [0.2, 0.25) is 0 Å². The molecule has 0 amide bonds. The van der Waals surface area contributed by atoms with Crippen LogP contribution >= 0.6 is 0 Å². The van der Waals surface area contributed by atoms with Gasteiger partial charge in [0.25, 0.3) is 0 Å². The van der Waals surface area contributed by atoms with Crippen LogP contribution in [0.5, 0.6) is 5.75 Å². The van der Waals surface area contributed by atoms with Gasteiger partial charge in [0.1, 0.15) is 11.6 Å². The van der Waals surface area contributed by atoms with Gasteiger partial charge in [-0.3, -0.25) is 4.98 Å². The van der Waals surface area contributed by atoms with Crippen LogP contribution in [0.15, 0.2) is 42.7 Å². The fraction of sp³-hybridized carbons (Fsp3) is 0.421. The zero-order valence-electron chi connectivity index (χ0n) is 14.2. The highest BCUT2D eigenvalue weighted by Crippen LogP contribution is 2.30. The van der Waals surface area contributed by atoms with Gasteiger partial charge < -0.3 is 15.0 Å². The first-order valence-electron chi connectivity index (χ1n) is 8.42. The molecule has 2 heterocycles. The third-order valence-electron chi connectivity index (χ3n) is 4.56. The molecule has 1 aromatic carbocycles. The lowest BCUT2D eigenvalue weighted by atomic mass is 10.0. The van der Waals surface area contributed by atoms with Crippen LogP contribution in [0.25, 0.3) is 0 Å². The van der Waals surface area contributed by atoms with E-state index in [2.05, 4.69) is 28.2 Å². The number of hydrogen-bond donors (Lipinski definition) is 1. The van der Waals surface area contributed by atoms with Crippen LogP contribution in [0, 0.1) is 5.82 Å². The number of aromatic nitrogens is 1.